The van der Waals surface area contributed by atoms with E-state index in [9.17, 15) is 9.59 Å². The second kappa shape index (κ2) is 9.44. The van der Waals surface area contributed by atoms with Gasteiger partial charge in [-0.3, -0.25) is 4.79 Å². The van der Waals surface area contributed by atoms with E-state index in [1.54, 1.807) is 36.3 Å². The van der Waals surface area contributed by atoms with Gasteiger partial charge >= 0.3 is 6.03 Å². The zero-order valence-corrected chi connectivity index (χ0v) is 18.7. The number of urea groups is 1. The molecule has 1 atom stereocenters. The van der Waals surface area contributed by atoms with Crippen LogP contribution in [0.4, 0.5) is 10.5 Å². The van der Waals surface area contributed by atoms with Crippen LogP contribution in [0.3, 0.4) is 0 Å². The van der Waals surface area contributed by atoms with Gasteiger partial charge in [-0.25, -0.2) is 4.79 Å². The first-order chi connectivity index (χ1) is 15.4. The number of nitrogens with one attached hydrogen (secondary N) is 2. The fourth-order valence-electron chi connectivity index (χ4n) is 3.98. The maximum absolute atomic E-state index is 13.1. The summed E-state index contributed by atoms with van der Waals surface area (Å²) >= 11 is 0. The molecule has 32 heavy (non-hydrogen) atoms. The number of benzene rings is 2. The summed E-state index contributed by atoms with van der Waals surface area (Å²) < 4.78 is 10.9. The summed E-state index contributed by atoms with van der Waals surface area (Å²) in [5.41, 5.74) is 4.10. The van der Waals surface area contributed by atoms with Gasteiger partial charge in [-0.05, 0) is 85.7 Å². The number of hydrogen-bond acceptors (Lipinski definition) is 4. The molecule has 0 saturated carbocycles. The lowest BCUT2D eigenvalue weighted by Crippen LogP contribution is -2.40. The predicted molar refractivity (Wildman–Crippen MR) is 125 cm³/mol. The molecule has 2 aromatic carbocycles. The van der Waals surface area contributed by atoms with E-state index >= 15 is 0 Å². The first-order valence-corrected chi connectivity index (χ1v) is 10.9. The van der Waals surface area contributed by atoms with Gasteiger partial charge in [-0.2, -0.15) is 0 Å². The average molecular weight is 436 g/mol. The Labute approximate surface area is 187 Å². The Hall–Kier alpha value is -3.32. The number of anilines is 1. The van der Waals surface area contributed by atoms with Gasteiger partial charge in [0.25, 0.3) is 5.56 Å². The van der Waals surface area contributed by atoms with E-state index < -0.39 is 0 Å². The molecule has 0 spiro atoms. The third-order valence-corrected chi connectivity index (χ3v) is 5.97. The summed E-state index contributed by atoms with van der Waals surface area (Å²) in [6, 6.07) is 12.8. The molecule has 0 aliphatic carbocycles. The minimum absolute atomic E-state index is 0.0268. The highest BCUT2D eigenvalue weighted by Gasteiger charge is 2.24. The van der Waals surface area contributed by atoms with E-state index in [2.05, 4.69) is 16.4 Å². The summed E-state index contributed by atoms with van der Waals surface area (Å²) in [7, 11) is 1.60. The third kappa shape index (κ3) is 4.94. The van der Waals surface area contributed by atoms with Crippen molar-refractivity contribution in [3.63, 3.8) is 0 Å². The number of ether oxygens (including phenoxy) is 2. The zero-order valence-electron chi connectivity index (χ0n) is 18.7. The van der Waals surface area contributed by atoms with E-state index in [0.29, 0.717) is 30.2 Å². The van der Waals surface area contributed by atoms with Crippen LogP contribution >= 0.6 is 0 Å². The number of carbonyl (C=O) groups excluding carboxylic acids is 1. The molecule has 1 aliphatic heterocycles. The number of aryl methyl sites for hydroxylation is 2. The van der Waals surface area contributed by atoms with Gasteiger partial charge in [0.1, 0.15) is 5.75 Å². The lowest BCUT2D eigenvalue weighted by Gasteiger charge is -2.26. The van der Waals surface area contributed by atoms with Crippen LogP contribution in [-0.4, -0.2) is 42.3 Å². The van der Waals surface area contributed by atoms with Crippen LogP contribution < -0.4 is 15.6 Å². The molecule has 0 radical (unpaired) electrons. The highest BCUT2D eigenvalue weighted by Crippen LogP contribution is 2.20. The second-order valence-corrected chi connectivity index (χ2v) is 8.32. The van der Waals surface area contributed by atoms with Crippen LogP contribution in [0.15, 0.2) is 47.3 Å². The Kier molecular flexibility index (Phi) is 6.46. The van der Waals surface area contributed by atoms with Gasteiger partial charge < -0.3 is 24.7 Å². The fraction of sp³-hybridized carbons (Fsp3) is 0.360. The number of aromatic amines is 1. The number of rotatable bonds is 6. The molecule has 1 aliphatic rings. The topological polar surface area (TPSA) is 83.7 Å². The van der Waals surface area contributed by atoms with Crippen LogP contribution in [0, 0.1) is 13.8 Å². The lowest BCUT2D eigenvalue weighted by molar-refractivity contribution is 0.0818. The smallest absolute Gasteiger partial charge is 0.322 e. The molecule has 3 aromatic rings. The van der Waals surface area contributed by atoms with Gasteiger partial charge in [-0.15, -0.1) is 0 Å². The molecule has 168 valence electrons. The molecule has 2 heterocycles. The number of nitrogens with zero attached hydrogens (tertiary/aromatic N) is 1. The summed E-state index contributed by atoms with van der Waals surface area (Å²) in [4.78, 5) is 30.6. The van der Waals surface area contributed by atoms with E-state index in [0.717, 1.165) is 34.9 Å². The molecule has 2 amide bonds. The number of methoxy groups -OCH3 is 1. The zero-order chi connectivity index (χ0) is 22.7. The van der Waals surface area contributed by atoms with Crippen molar-refractivity contribution in [2.24, 2.45) is 0 Å². The summed E-state index contributed by atoms with van der Waals surface area (Å²) in [6.07, 6.45) is 1.85. The van der Waals surface area contributed by atoms with Gasteiger partial charge in [0.15, 0.2) is 0 Å². The lowest BCUT2D eigenvalue weighted by atomic mass is 10.0. The maximum Gasteiger partial charge on any atom is 0.322 e. The van der Waals surface area contributed by atoms with Crippen LogP contribution in [-0.2, 0) is 11.3 Å². The average Bonchev–Trinajstić information content (AvgIpc) is 3.29. The molecule has 7 nitrogen and oxygen atoms in total. The molecule has 1 fully saturated rings. The summed E-state index contributed by atoms with van der Waals surface area (Å²) in [5, 5.41) is 3.88. The summed E-state index contributed by atoms with van der Waals surface area (Å²) in [6.45, 7) is 5.39. The summed E-state index contributed by atoms with van der Waals surface area (Å²) in [5.74, 6) is 0.715. The van der Waals surface area contributed by atoms with E-state index in [-0.39, 0.29) is 24.2 Å². The number of amides is 2. The van der Waals surface area contributed by atoms with Crippen LogP contribution in [0.2, 0.25) is 0 Å². The molecule has 1 unspecified atom stereocenters. The van der Waals surface area contributed by atoms with Gasteiger partial charge in [0.05, 0.1) is 19.8 Å². The largest absolute Gasteiger partial charge is 0.497 e. The molecule has 1 aromatic heterocycles. The van der Waals surface area contributed by atoms with Crippen molar-refractivity contribution in [2.45, 2.75) is 39.3 Å². The SMILES string of the molecule is COc1ccc(NC(=O)N(Cc2cc3cc(C)c(C)cc3[nH]c2=O)CC2CCCO2)cc1. The number of hydrogen-bond donors (Lipinski definition) is 2. The number of carbonyl (C=O) groups is 1. The van der Waals surface area contributed by atoms with Crippen LogP contribution in [0.25, 0.3) is 10.9 Å². The molecule has 4 rings (SSSR count). The van der Waals surface area contributed by atoms with Crippen molar-refractivity contribution in [3.8, 4) is 5.75 Å². The van der Waals surface area contributed by atoms with Crippen LogP contribution in [0.5, 0.6) is 5.75 Å². The van der Waals surface area contributed by atoms with Crippen molar-refractivity contribution in [1.29, 1.82) is 0 Å². The Morgan fingerprint density at radius 2 is 1.94 bits per heavy atom. The van der Waals surface area contributed by atoms with Gasteiger partial charge in [-0.1, -0.05) is 0 Å². The van der Waals surface area contributed by atoms with Crippen molar-refractivity contribution in [1.82, 2.24) is 9.88 Å². The van der Waals surface area contributed by atoms with Gasteiger partial charge in [0.2, 0.25) is 0 Å². The predicted octanol–water partition coefficient (Wildman–Crippen LogP) is 4.37. The van der Waals surface area contributed by atoms with Crippen molar-refractivity contribution in [3.05, 3.63) is 69.5 Å². The van der Waals surface area contributed by atoms with Crippen molar-refractivity contribution < 1.29 is 14.3 Å². The van der Waals surface area contributed by atoms with Crippen molar-refractivity contribution in [2.75, 3.05) is 25.6 Å². The Morgan fingerprint density at radius 1 is 1.19 bits per heavy atom. The number of fused-ring (bicyclic) bond motifs is 1. The molecular weight excluding hydrogens is 406 g/mol. The number of pyridine rings is 1. The highest BCUT2D eigenvalue weighted by atomic mass is 16.5. The number of H-pyrrole nitrogens is 1. The normalized spacial score (nSPS) is 15.7. The Morgan fingerprint density at radius 3 is 2.62 bits per heavy atom. The standard InChI is InChI=1S/C25H29N3O4/c1-16-11-18-13-19(24(29)27-23(18)12-17(16)2)14-28(15-22-5-4-10-32-22)25(30)26-20-6-8-21(31-3)9-7-20/h6-9,11-13,22H,4-5,10,14-15H2,1-3H3,(H,26,30)(H,27,29). The minimum Gasteiger partial charge on any atom is -0.497 e. The van der Waals surface area contributed by atoms with Crippen molar-refractivity contribution >= 4 is 22.6 Å². The maximum atomic E-state index is 13.1. The molecule has 7 heteroatoms. The monoisotopic (exact) mass is 435 g/mol. The first-order valence-electron chi connectivity index (χ1n) is 10.9. The molecule has 1 saturated heterocycles. The minimum atomic E-state index is -0.273. The Balaban J connectivity index is 1.59. The Bertz CT molecular complexity index is 1160. The fourth-order valence-corrected chi connectivity index (χ4v) is 3.98. The quantitative estimate of drug-likeness (QED) is 0.602. The third-order valence-electron chi connectivity index (χ3n) is 5.97. The molecule has 2 N–H and O–H groups in total. The number of aromatic nitrogens is 1. The molecular formula is C25H29N3O4. The van der Waals surface area contributed by atoms with Gasteiger partial charge in [0, 0.05) is 29.9 Å². The van der Waals surface area contributed by atoms with Crippen LogP contribution in [0.1, 0.15) is 29.5 Å². The van der Waals surface area contributed by atoms with E-state index in [4.69, 9.17) is 9.47 Å². The van der Waals surface area contributed by atoms with E-state index in [1.165, 1.54) is 0 Å². The molecule has 0 bridgehead atoms. The highest BCUT2D eigenvalue weighted by molar-refractivity contribution is 5.89. The first kappa shape index (κ1) is 21.9. The van der Waals surface area contributed by atoms with E-state index in [1.807, 2.05) is 26.0 Å². The second-order valence-electron chi connectivity index (χ2n) is 8.32.